The molecule has 8 nitrogen and oxygen atoms in total. The van der Waals surface area contributed by atoms with E-state index in [0.717, 1.165) is 16.3 Å². The molecule has 0 fully saturated rings. The van der Waals surface area contributed by atoms with Crippen molar-refractivity contribution in [1.29, 1.82) is 0 Å². The van der Waals surface area contributed by atoms with Crippen LogP contribution in [0.5, 0.6) is 11.5 Å². The van der Waals surface area contributed by atoms with Gasteiger partial charge in [-0.3, -0.25) is 0 Å². The van der Waals surface area contributed by atoms with Crippen LogP contribution < -0.4 is 9.47 Å². The van der Waals surface area contributed by atoms with Crippen LogP contribution in [0, 0.1) is 0 Å². The van der Waals surface area contributed by atoms with Crippen LogP contribution in [0.3, 0.4) is 0 Å². The highest BCUT2D eigenvalue weighted by Gasteiger charge is 2.19. The van der Waals surface area contributed by atoms with E-state index in [0.29, 0.717) is 41.6 Å². The summed E-state index contributed by atoms with van der Waals surface area (Å²) in [5.41, 5.74) is 2.75. The molecule has 3 heterocycles. The summed E-state index contributed by atoms with van der Waals surface area (Å²) < 4.78 is 18.2. The molecule has 9 heteroatoms. The predicted molar refractivity (Wildman–Crippen MR) is 125 cm³/mol. The van der Waals surface area contributed by atoms with Crippen molar-refractivity contribution in [1.82, 2.24) is 19.7 Å². The number of carbonyl (C=O) groups is 1. The fraction of sp³-hybridized carbons (Fsp3) is 0.250. The molecule has 4 aromatic rings. The number of methoxy groups -OCH3 is 1. The first-order valence-corrected chi connectivity index (χ1v) is 11.4. The summed E-state index contributed by atoms with van der Waals surface area (Å²) in [6.07, 6.45) is 3.82. The summed E-state index contributed by atoms with van der Waals surface area (Å²) >= 11 is 1.47. The average Bonchev–Trinajstić information content (AvgIpc) is 3.51. The number of thiazole rings is 1. The SMILES string of the molecule is CCOc1ccc(-c2nc(COC(=O)c3cnn(-c4ccccn4)c3CC)cs2)cc1OC. The Morgan fingerprint density at radius 1 is 1.15 bits per heavy atom. The molecule has 0 aliphatic rings. The first-order chi connectivity index (χ1) is 16.1. The fourth-order valence-electron chi connectivity index (χ4n) is 3.36. The van der Waals surface area contributed by atoms with Gasteiger partial charge in [0.25, 0.3) is 0 Å². The van der Waals surface area contributed by atoms with Gasteiger partial charge in [0.05, 0.1) is 31.3 Å². The van der Waals surface area contributed by atoms with Crippen LogP contribution in [-0.2, 0) is 17.8 Å². The first kappa shape index (κ1) is 22.5. The number of hydrogen-bond acceptors (Lipinski definition) is 8. The Labute approximate surface area is 195 Å². The van der Waals surface area contributed by atoms with Gasteiger partial charge in [0.2, 0.25) is 0 Å². The lowest BCUT2D eigenvalue weighted by molar-refractivity contribution is 0.0467. The van der Waals surface area contributed by atoms with E-state index in [2.05, 4.69) is 15.1 Å². The lowest BCUT2D eigenvalue weighted by Crippen LogP contribution is -2.10. The van der Waals surface area contributed by atoms with E-state index in [1.54, 1.807) is 18.0 Å². The number of esters is 1. The maximum atomic E-state index is 12.8. The molecule has 0 saturated carbocycles. The third kappa shape index (κ3) is 4.88. The van der Waals surface area contributed by atoms with Gasteiger partial charge in [-0.25, -0.2) is 19.4 Å². The van der Waals surface area contributed by atoms with Gasteiger partial charge in [-0.15, -0.1) is 11.3 Å². The van der Waals surface area contributed by atoms with Crippen molar-refractivity contribution in [3.63, 3.8) is 0 Å². The minimum atomic E-state index is -0.439. The minimum absolute atomic E-state index is 0.0709. The van der Waals surface area contributed by atoms with Crippen molar-refractivity contribution in [3.8, 4) is 27.9 Å². The van der Waals surface area contributed by atoms with Gasteiger partial charge >= 0.3 is 5.97 Å². The molecular weight excluding hydrogens is 440 g/mol. The van der Waals surface area contributed by atoms with Gasteiger partial charge in [-0.05, 0) is 43.7 Å². The van der Waals surface area contributed by atoms with Crippen molar-refractivity contribution in [2.75, 3.05) is 13.7 Å². The van der Waals surface area contributed by atoms with Crippen LogP contribution in [0.4, 0.5) is 0 Å². The summed E-state index contributed by atoms with van der Waals surface area (Å²) in [7, 11) is 1.61. The third-order valence-corrected chi connectivity index (χ3v) is 5.84. The molecule has 0 N–H and O–H groups in total. The van der Waals surface area contributed by atoms with Gasteiger partial charge in [0.1, 0.15) is 17.2 Å². The fourth-order valence-corrected chi connectivity index (χ4v) is 4.16. The number of rotatable bonds is 9. The zero-order chi connectivity index (χ0) is 23.2. The van der Waals surface area contributed by atoms with E-state index in [1.807, 2.05) is 55.6 Å². The van der Waals surface area contributed by atoms with Gasteiger partial charge in [0, 0.05) is 17.1 Å². The number of benzene rings is 1. The van der Waals surface area contributed by atoms with E-state index >= 15 is 0 Å². The lowest BCUT2D eigenvalue weighted by Gasteiger charge is -2.10. The lowest BCUT2D eigenvalue weighted by atomic mass is 10.2. The second kappa shape index (κ2) is 10.3. The Kier molecular flexibility index (Phi) is 6.99. The maximum Gasteiger partial charge on any atom is 0.342 e. The summed E-state index contributed by atoms with van der Waals surface area (Å²) in [6.45, 7) is 4.52. The maximum absolute atomic E-state index is 12.8. The molecule has 170 valence electrons. The van der Waals surface area contributed by atoms with Gasteiger partial charge in [-0.2, -0.15) is 5.10 Å². The molecule has 0 spiro atoms. The standard InChI is InChI=1S/C24H24N4O4S/c1-4-19-18(13-26-28(19)22-8-6-7-11-25-22)24(29)32-14-17-15-33-23(27-17)16-9-10-20(31-5-2)21(12-16)30-3/h6-13,15H,4-5,14H2,1-3H3. The molecule has 4 rings (SSSR count). The third-order valence-electron chi connectivity index (χ3n) is 4.90. The molecule has 0 amide bonds. The van der Waals surface area contributed by atoms with Crippen molar-refractivity contribution < 1.29 is 19.0 Å². The topological polar surface area (TPSA) is 88.4 Å². The van der Waals surface area contributed by atoms with Gasteiger partial charge < -0.3 is 14.2 Å². The number of ether oxygens (including phenoxy) is 3. The van der Waals surface area contributed by atoms with E-state index in [-0.39, 0.29) is 6.61 Å². The highest BCUT2D eigenvalue weighted by molar-refractivity contribution is 7.13. The smallest absolute Gasteiger partial charge is 0.342 e. The molecule has 0 atom stereocenters. The molecule has 0 unspecified atom stereocenters. The molecule has 0 aliphatic carbocycles. The summed E-state index contributed by atoms with van der Waals surface area (Å²) in [6, 6.07) is 11.2. The van der Waals surface area contributed by atoms with Gasteiger partial charge in [0.15, 0.2) is 17.3 Å². The zero-order valence-corrected chi connectivity index (χ0v) is 19.5. The molecule has 33 heavy (non-hydrogen) atoms. The number of hydrogen-bond donors (Lipinski definition) is 0. The monoisotopic (exact) mass is 464 g/mol. The average molecular weight is 465 g/mol. The second-order valence-corrected chi connectivity index (χ2v) is 7.84. The van der Waals surface area contributed by atoms with Crippen LogP contribution in [0.2, 0.25) is 0 Å². The largest absolute Gasteiger partial charge is 0.493 e. The molecule has 1 aromatic carbocycles. The van der Waals surface area contributed by atoms with Crippen LogP contribution >= 0.6 is 11.3 Å². The zero-order valence-electron chi connectivity index (χ0n) is 18.6. The molecular formula is C24H24N4O4S. The van der Waals surface area contributed by atoms with E-state index < -0.39 is 5.97 Å². The Morgan fingerprint density at radius 2 is 2.03 bits per heavy atom. The van der Waals surface area contributed by atoms with Crippen LogP contribution in [0.15, 0.2) is 54.2 Å². The summed E-state index contributed by atoms with van der Waals surface area (Å²) in [5.74, 6) is 1.55. The minimum Gasteiger partial charge on any atom is -0.493 e. The second-order valence-electron chi connectivity index (χ2n) is 6.98. The van der Waals surface area contributed by atoms with E-state index in [4.69, 9.17) is 14.2 Å². The first-order valence-electron chi connectivity index (χ1n) is 10.6. The summed E-state index contributed by atoms with van der Waals surface area (Å²) in [5, 5.41) is 7.02. The van der Waals surface area contributed by atoms with Crippen molar-refractivity contribution in [2.24, 2.45) is 0 Å². The molecule has 0 saturated heterocycles. The predicted octanol–water partition coefficient (Wildman–Crippen LogP) is 4.72. The highest BCUT2D eigenvalue weighted by atomic mass is 32.1. The van der Waals surface area contributed by atoms with Crippen molar-refractivity contribution in [2.45, 2.75) is 26.9 Å². The Bertz CT molecular complexity index is 1240. The Hall–Kier alpha value is -3.72. The Morgan fingerprint density at radius 3 is 2.76 bits per heavy atom. The Balaban J connectivity index is 1.46. The number of carbonyl (C=O) groups excluding carboxylic acids is 1. The van der Waals surface area contributed by atoms with E-state index in [9.17, 15) is 4.79 Å². The molecule has 0 aliphatic heterocycles. The normalized spacial score (nSPS) is 10.8. The van der Waals surface area contributed by atoms with Gasteiger partial charge in [-0.1, -0.05) is 13.0 Å². The summed E-state index contributed by atoms with van der Waals surface area (Å²) in [4.78, 5) is 21.7. The molecule has 3 aromatic heterocycles. The number of aromatic nitrogens is 4. The van der Waals surface area contributed by atoms with Crippen LogP contribution in [0.25, 0.3) is 16.4 Å². The van der Waals surface area contributed by atoms with E-state index in [1.165, 1.54) is 17.5 Å². The van der Waals surface area contributed by atoms with Crippen LogP contribution in [0.1, 0.15) is 35.6 Å². The molecule has 0 radical (unpaired) electrons. The highest BCUT2D eigenvalue weighted by Crippen LogP contribution is 2.34. The number of nitrogens with zero attached hydrogens (tertiary/aromatic N) is 4. The quantitative estimate of drug-likeness (QED) is 0.331. The van der Waals surface area contributed by atoms with Crippen LogP contribution in [-0.4, -0.2) is 39.4 Å². The molecule has 0 bridgehead atoms. The number of pyridine rings is 1. The van der Waals surface area contributed by atoms with Crippen molar-refractivity contribution >= 4 is 17.3 Å². The van der Waals surface area contributed by atoms with Crippen molar-refractivity contribution in [3.05, 3.63) is 71.1 Å².